The van der Waals surface area contributed by atoms with Gasteiger partial charge in [0.15, 0.2) is 0 Å². The van der Waals surface area contributed by atoms with Crippen molar-refractivity contribution in [2.75, 3.05) is 26.1 Å². The Bertz CT molecular complexity index is 492. The van der Waals surface area contributed by atoms with Crippen LogP contribution < -0.4 is 9.47 Å². The molecule has 116 valence electrons. The first kappa shape index (κ1) is 16.1. The van der Waals surface area contributed by atoms with Crippen LogP contribution in [0.2, 0.25) is 0 Å². The third-order valence-electron chi connectivity index (χ3n) is 3.95. The number of hydrogen-bond acceptors (Lipinski definition) is 3. The molecule has 0 N–H and O–H groups in total. The summed E-state index contributed by atoms with van der Waals surface area (Å²) in [7, 11) is 3.19. The smallest absolute Gasteiger partial charge is 0.258 e. The van der Waals surface area contributed by atoms with Gasteiger partial charge in [-0.3, -0.25) is 4.79 Å². The molecule has 0 bridgehead atoms. The summed E-state index contributed by atoms with van der Waals surface area (Å²) in [4.78, 5) is 14.9. The largest absolute Gasteiger partial charge is 0.497 e. The van der Waals surface area contributed by atoms with E-state index in [0.29, 0.717) is 17.1 Å². The first-order chi connectivity index (χ1) is 10.2. The van der Waals surface area contributed by atoms with Crippen LogP contribution in [0.1, 0.15) is 36.0 Å². The normalized spacial score (nSPS) is 19.0. The summed E-state index contributed by atoms with van der Waals surface area (Å²) in [6, 6.07) is 5.60. The SMILES string of the molecule is COc1ccc(OC)c(C(=O)N2CCCCCC2CBr)c1. The lowest BCUT2D eigenvalue weighted by Gasteiger charge is -2.29. The number of carbonyl (C=O) groups excluding carboxylic acids is 1. The average molecular weight is 356 g/mol. The number of carbonyl (C=O) groups is 1. The molecule has 21 heavy (non-hydrogen) atoms. The quantitative estimate of drug-likeness (QED) is 0.776. The molecule has 1 aliphatic heterocycles. The maximum atomic E-state index is 12.9. The van der Waals surface area contributed by atoms with Crippen LogP contribution in [0.3, 0.4) is 0 Å². The lowest BCUT2D eigenvalue weighted by atomic mass is 10.1. The van der Waals surface area contributed by atoms with Crippen molar-refractivity contribution in [1.82, 2.24) is 4.90 Å². The van der Waals surface area contributed by atoms with E-state index in [-0.39, 0.29) is 11.9 Å². The Morgan fingerprint density at radius 3 is 2.76 bits per heavy atom. The van der Waals surface area contributed by atoms with Crippen molar-refractivity contribution in [2.45, 2.75) is 31.7 Å². The van der Waals surface area contributed by atoms with E-state index >= 15 is 0 Å². The van der Waals surface area contributed by atoms with Gasteiger partial charge in [0.1, 0.15) is 11.5 Å². The van der Waals surface area contributed by atoms with E-state index in [1.807, 2.05) is 4.90 Å². The molecule has 1 saturated heterocycles. The Morgan fingerprint density at radius 2 is 2.10 bits per heavy atom. The molecule has 4 nitrogen and oxygen atoms in total. The maximum absolute atomic E-state index is 12.9. The second-order valence-corrected chi connectivity index (χ2v) is 5.87. The number of likely N-dealkylation sites (tertiary alicyclic amines) is 1. The number of nitrogens with zero attached hydrogens (tertiary/aromatic N) is 1. The van der Waals surface area contributed by atoms with Crippen molar-refractivity contribution < 1.29 is 14.3 Å². The fourth-order valence-corrected chi connectivity index (χ4v) is 3.41. The highest BCUT2D eigenvalue weighted by Crippen LogP contribution is 2.28. The van der Waals surface area contributed by atoms with Crippen molar-refractivity contribution in [2.24, 2.45) is 0 Å². The Hall–Kier alpha value is -1.23. The highest BCUT2D eigenvalue weighted by atomic mass is 79.9. The molecule has 1 atom stereocenters. The number of ether oxygens (including phenoxy) is 2. The fourth-order valence-electron chi connectivity index (χ4n) is 2.74. The number of benzene rings is 1. The van der Waals surface area contributed by atoms with Crippen molar-refractivity contribution in [1.29, 1.82) is 0 Å². The first-order valence-electron chi connectivity index (χ1n) is 7.30. The van der Waals surface area contributed by atoms with E-state index in [4.69, 9.17) is 9.47 Å². The van der Waals surface area contributed by atoms with Crippen LogP contribution in [-0.2, 0) is 0 Å². The number of amides is 1. The zero-order valence-electron chi connectivity index (χ0n) is 12.6. The van der Waals surface area contributed by atoms with Crippen LogP contribution in [0.25, 0.3) is 0 Å². The van der Waals surface area contributed by atoms with Crippen LogP contribution >= 0.6 is 15.9 Å². The number of methoxy groups -OCH3 is 2. The molecule has 1 aromatic rings. The van der Waals surface area contributed by atoms with Crippen molar-refractivity contribution in [3.63, 3.8) is 0 Å². The average Bonchev–Trinajstić information content (AvgIpc) is 2.78. The van der Waals surface area contributed by atoms with Gasteiger partial charge in [-0.25, -0.2) is 0 Å². The van der Waals surface area contributed by atoms with E-state index in [9.17, 15) is 4.79 Å². The summed E-state index contributed by atoms with van der Waals surface area (Å²) < 4.78 is 10.6. The molecule has 0 aliphatic carbocycles. The molecule has 2 rings (SSSR count). The predicted molar refractivity (Wildman–Crippen MR) is 86.6 cm³/mol. The Morgan fingerprint density at radius 1 is 1.29 bits per heavy atom. The lowest BCUT2D eigenvalue weighted by molar-refractivity contribution is 0.0698. The van der Waals surface area contributed by atoms with Crippen LogP contribution in [0.4, 0.5) is 0 Å². The Balaban J connectivity index is 2.32. The zero-order chi connectivity index (χ0) is 15.2. The standard InChI is InChI=1S/C16H22BrNO3/c1-20-13-7-8-15(21-2)14(10-13)16(19)18-9-5-3-4-6-12(18)11-17/h7-8,10,12H,3-6,9,11H2,1-2H3. The van der Waals surface area contributed by atoms with Crippen LogP contribution in [0.5, 0.6) is 11.5 Å². The minimum atomic E-state index is 0.0251. The van der Waals surface area contributed by atoms with Gasteiger partial charge in [-0.1, -0.05) is 28.8 Å². The van der Waals surface area contributed by atoms with Gasteiger partial charge in [-0.15, -0.1) is 0 Å². The van der Waals surface area contributed by atoms with Crippen molar-refractivity contribution in [3.05, 3.63) is 23.8 Å². The minimum absolute atomic E-state index is 0.0251. The third-order valence-corrected chi connectivity index (χ3v) is 4.70. The molecule has 1 amide bonds. The predicted octanol–water partition coefficient (Wildman–Crippen LogP) is 3.48. The van der Waals surface area contributed by atoms with Crippen LogP contribution in [0.15, 0.2) is 18.2 Å². The molecule has 0 radical (unpaired) electrons. The maximum Gasteiger partial charge on any atom is 0.258 e. The number of alkyl halides is 1. The Kier molecular flexibility index (Phi) is 5.91. The van der Waals surface area contributed by atoms with Crippen LogP contribution in [-0.4, -0.2) is 42.9 Å². The van der Waals surface area contributed by atoms with Gasteiger partial charge < -0.3 is 14.4 Å². The summed E-state index contributed by atoms with van der Waals surface area (Å²) >= 11 is 3.54. The molecule has 0 aromatic heterocycles. The summed E-state index contributed by atoms with van der Waals surface area (Å²) in [5.74, 6) is 1.29. The molecule has 1 heterocycles. The van der Waals surface area contributed by atoms with E-state index in [2.05, 4.69) is 15.9 Å². The second-order valence-electron chi connectivity index (χ2n) is 5.22. The molecular weight excluding hydrogens is 334 g/mol. The summed E-state index contributed by atoms with van der Waals surface area (Å²) in [6.07, 6.45) is 4.46. The van der Waals surface area contributed by atoms with E-state index in [1.54, 1.807) is 32.4 Å². The number of rotatable bonds is 4. The van der Waals surface area contributed by atoms with Gasteiger partial charge in [0.2, 0.25) is 0 Å². The molecular formula is C16H22BrNO3. The minimum Gasteiger partial charge on any atom is -0.497 e. The third kappa shape index (κ3) is 3.70. The number of hydrogen-bond donors (Lipinski definition) is 0. The summed E-state index contributed by atoms with van der Waals surface area (Å²) in [5.41, 5.74) is 0.574. The molecule has 5 heteroatoms. The van der Waals surface area contributed by atoms with Gasteiger partial charge in [-0.2, -0.15) is 0 Å². The fraction of sp³-hybridized carbons (Fsp3) is 0.562. The van der Waals surface area contributed by atoms with Crippen molar-refractivity contribution in [3.8, 4) is 11.5 Å². The highest BCUT2D eigenvalue weighted by Gasteiger charge is 2.27. The van der Waals surface area contributed by atoms with Gasteiger partial charge in [0.05, 0.1) is 19.8 Å². The molecule has 1 unspecified atom stereocenters. The van der Waals surface area contributed by atoms with Crippen molar-refractivity contribution >= 4 is 21.8 Å². The van der Waals surface area contributed by atoms with E-state index in [1.165, 1.54) is 12.8 Å². The zero-order valence-corrected chi connectivity index (χ0v) is 14.2. The van der Waals surface area contributed by atoms with Gasteiger partial charge in [0, 0.05) is 17.9 Å². The van der Waals surface area contributed by atoms with Gasteiger partial charge in [-0.05, 0) is 31.0 Å². The molecule has 0 spiro atoms. The Labute approximate surface area is 134 Å². The monoisotopic (exact) mass is 355 g/mol. The molecule has 0 saturated carbocycles. The topological polar surface area (TPSA) is 38.8 Å². The highest BCUT2D eigenvalue weighted by molar-refractivity contribution is 9.09. The van der Waals surface area contributed by atoms with Gasteiger partial charge >= 0.3 is 0 Å². The second kappa shape index (κ2) is 7.69. The van der Waals surface area contributed by atoms with E-state index < -0.39 is 0 Å². The molecule has 1 aromatic carbocycles. The number of halogens is 1. The van der Waals surface area contributed by atoms with E-state index in [0.717, 1.165) is 24.7 Å². The summed E-state index contributed by atoms with van der Waals surface area (Å²) in [6.45, 7) is 0.801. The van der Waals surface area contributed by atoms with Crippen LogP contribution in [0, 0.1) is 0 Å². The first-order valence-corrected chi connectivity index (χ1v) is 8.42. The summed E-state index contributed by atoms with van der Waals surface area (Å²) in [5, 5.41) is 0.811. The molecule has 1 aliphatic rings. The van der Waals surface area contributed by atoms with Gasteiger partial charge in [0.25, 0.3) is 5.91 Å². The lowest BCUT2D eigenvalue weighted by Crippen LogP contribution is -2.41. The molecule has 1 fully saturated rings.